The molecule has 0 aliphatic rings. The topological polar surface area (TPSA) is 77.8 Å². The van der Waals surface area contributed by atoms with Crippen LogP contribution in [-0.4, -0.2) is 128 Å². The zero-order valence-corrected chi connectivity index (χ0v) is 11.8. The van der Waals surface area contributed by atoms with Crippen molar-refractivity contribution in [3.63, 3.8) is 0 Å². The second kappa shape index (κ2) is 10.9. The normalized spacial score (nSPS) is 7.38. The van der Waals surface area contributed by atoms with Crippen molar-refractivity contribution in [1.82, 2.24) is 0 Å². The summed E-state index contributed by atoms with van der Waals surface area (Å²) in [6.45, 7) is 0. The second-order valence-electron chi connectivity index (χ2n) is 0.513. The van der Waals surface area contributed by atoms with Crippen molar-refractivity contribution in [2.45, 2.75) is 0 Å². The maximum Gasteiger partial charge on any atom is 2.00 e. The van der Waals surface area contributed by atoms with Gasteiger partial charge in [-0.15, -0.1) is 0 Å². The molecular formula is H4Ca3O4P+7. The van der Waals surface area contributed by atoms with Gasteiger partial charge in [0.2, 0.25) is 0 Å². The Labute approximate surface area is 138 Å². The van der Waals surface area contributed by atoms with Crippen molar-refractivity contribution in [3.8, 4) is 0 Å². The molecule has 0 amide bonds. The molecule has 0 aliphatic heterocycles. The van der Waals surface area contributed by atoms with E-state index in [-0.39, 0.29) is 115 Å². The van der Waals surface area contributed by atoms with Crippen LogP contribution < -0.4 is 0 Å². The smallest absolute Gasteiger partial charge is 0.303 e. The monoisotopic (exact) mass is 219 g/mol. The van der Waals surface area contributed by atoms with Crippen molar-refractivity contribution in [2.75, 3.05) is 0 Å². The summed E-state index contributed by atoms with van der Waals surface area (Å²) in [4.78, 5) is 21.6. The molecule has 0 rings (SSSR count). The van der Waals surface area contributed by atoms with E-state index >= 15 is 0 Å². The van der Waals surface area contributed by atoms with E-state index in [1.54, 1.807) is 0 Å². The van der Waals surface area contributed by atoms with Gasteiger partial charge < -0.3 is 14.7 Å². The first-order chi connectivity index (χ1) is 2.00. The van der Waals surface area contributed by atoms with Crippen molar-refractivity contribution in [3.05, 3.63) is 0 Å². The largest absolute Gasteiger partial charge is 2.00 e. The van der Waals surface area contributed by atoms with Gasteiger partial charge in [-0.3, -0.25) is 0 Å². The van der Waals surface area contributed by atoms with Crippen molar-refractivity contribution < 1.29 is 20.7 Å². The maximum atomic E-state index is 8.88. The zero-order valence-electron chi connectivity index (χ0n) is 5.32. The van der Waals surface area contributed by atoms with Gasteiger partial charge in [-0.25, -0.2) is 4.57 Å². The standard InChI is InChI=1S/3Ca.H3O4P/c;;;1-5(2,3)4/h;;;(H3,1,2,3,4)/q3*+2;/p+1. The Morgan fingerprint density at radius 1 is 1.00 bits per heavy atom. The van der Waals surface area contributed by atoms with Crippen molar-refractivity contribution in [1.29, 1.82) is 0 Å². The van der Waals surface area contributed by atoms with Crippen LogP contribution in [0.15, 0.2) is 0 Å². The van der Waals surface area contributed by atoms with Gasteiger partial charge in [0.25, 0.3) is 0 Å². The fraction of sp³-hybridized carbons (Fsp3) is 0. The third-order valence-corrected chi connectivity index (χ3v) is 0. The van der Waals surface area contributed by atoms with Gasteiger partial charge in [-0.1, -0.05) is 0 Å². The van der Waals surface area contributed by atoms with E-state index < -0.39 is 7.82 Å². The van der Waals surface area contributed by atoms with Crippen LogP contribution in [0.1, 0.15) is 1.43 Å². The number of hydrogen-bond donors (Lipinski definition) is 3. The molecule has 8 heavy (non-hydrogen) atoms. The minimum absolute atomic E-state index is 0. The van der Waals surface area contributed by atoms with Crippen LogP contribution in [0.3, 0.4) is 0 Å². The molecule has 0 unspecified atom stereocenters. The van der Waals surface area contributed by atoms with Crippen LogP contribution in [0.5, 0.6) is 0 Å². The molecule has 3 N–H and O–H groups in total. The molecule has 0 aromatic carbocycles. The Morgan fingerprint density at radius 3 is 1.00 bits per heavy atom. The van der Waals surface area contributed by atoms with Gasteiger partial charge in [-0.2, -0.15) is 0 Å². The van der Waals surface area contributed by atoms with E-state index in [1.807, 2.05) is 0 Å². The second-order valence-corrected chi connectivity index (χ2v) is 1.54. The SMILES string of the molecule is O=P(O)(O)O.[Ca+2].[Ca+2].[Ca+2].[H+]. The van der Waals surface area contributed by atoms with Crippen LogP contribution in [0.4, 0.5) is 0 Å². The summed E-state index contributed by atoms with van der Waals surface area (Å²) in [5.74, 6) is 0. The molecule has 0 spiro atoms. The minimum atomic E-state index is -4.64. The molecular weight excluding hydrogens is 215 g/mol. The summed E-state index contributed by atoms with van der Waals surface area (Å²) in [6, 6.07) is 0. The first-order valence-electron chi connectivity index (χ1n) is 0.783. The summed E-state index contributed by atoms with van der Waals surface area (Å²) in [5.41, 5.74) is 0. The first-order valence-corrected chi connectivity index (χ1v) is 2.35. The molecule has 32 valence electrons. The van der Waals surface area contributed by atoms with Crippen molar-refractivity contribution >= 4 is 121 Å². The Morgan fingerprint density at radius 2 is 1.00 bits per heavy atom. The van der Waals surface area contributed by atoms with E-state index in [0.717, 1.165) is 0 Å². The Balaban J connectivity index is -0.0000000133. The van der Waals surface area contributed by atoms with Gasteiger partial charge in [0.05, 0.1) is 0 Å². The van der Waals surface area contributed by atoms with Crippen LogP contribution in [0.2, 0.25) is 0 Å². The molecule has 8 heteroatoms. The molecule has 4 nitrogen and oxygen atoms in total. The predicted molar refractivity (Wildman–Crippen MR) is 32.6 cm³/mol. The van der Waals surface area contributed by atoms with Crippen LogP contribution in [0.25, 0.3) is 0 Å². The molecule has 0 aromatic heterocycles. The van der Waals surface area contributed by atoms with Crippen LogP contribution >= 0.6 is 7.82 Å². The molecule has 0 saturated carbocycles. The number of phosphoric acid groups is 1. The Bertz CT molecular complexity index is 61.9. The number of hydrogen-bond acceptors (Lipinski definition) is 1. The van der Waals surface area contributed by atoms with Crippen LogP contribution in [-0.2, 0) is 4.57 Å². The maximum absolute atomic E-state index is 8.88. The van der Waals surface area contributed by atoms with E-state index in [1.165, 1.54) is 0 Å². The zero-order chi connectivity index (χ0) is 4.50. The third-order valence-electron chi connectivity index (χ3n) is 0. The van der Waals surface area contributed by atoms with Gasteiger partial charge in [0, 0.05) is 0 Å². The average Bonchev–Trinajstić information content (AvgIpc) is 0.722. The molecule has 0 fully saturated rings. The quantitative estimate of drug-likeness (QED) is 0.326. The Kier molecular flexibility index (Phi) is 30.8. The molecule has 0 aromatic rings. The molecule has 0 bridgehead atoms. The summed E-state index contributed by atoms with van der Waals surface area (Å²) < 4.78 is 8.88. The fourth-order valence-corrected chi connectivity index (χ4v) is 0. The van der Waals surface area contributed by atoms with Crippen LogP contribution in [0, 0.1) is 0 Å². The van der Waals surface area contributed by atoms with E-state index in [2.05, 4.69) is 0 Å². The fourth-order valence-electron chi connectivity index (χ4n) is 0. The summed E-state index contributed by atoms with van der Waals surface area (Å²) in [5, 5.41) is 0. The van der Waals surface area contributed by atoms with Gasteiger partial charge >= 0.3 is 122 Å². The number of rotatable bonds is 0. The van der Waals surface area contributed by atoms with E-state index in [4.69, 9.17) is 19.2 Å². The molecule has 0 saturated heterocycles. The van der Waals surface area contributed by atoms with Gasteiger partial charge in [-0.05, 0) is 0 Å². The van der Waals surface area contributed by atoms with E-state index in [0.29, 0.717) is 0 Å². The molecule has 0 aliphatic carbocycles. The summed E-state index contributed by atoms with van der Waals surface area (Å²) >= 11 is 0. The summed E-state index contributed by atoms with van der Waals surface area (Å²) in [7, 11) is -4.64. The summed E-state index contributed by atoms with van der Waals surface area (Å²) in [6.07, 6.45) is 0. The predicted octanol–water partition coefficient (Wildman–Crippen LogP) is -1.96. The molecule has 0 atom stereocenters. The average molecular weight is 219 g/mol. The molecule has 0 heterocycles. The Hall–Kier alpha value is 3.89. The van der Waals surface area contributed by atoms with Gasteiger partial charge in [0.1, 0.15) is 0 Å². The van der Waals surface area contributed by atoms with E-state index in [9.17, 15) is 0 Å². The first kappa shape index (κ1) is 22.7. The minimum Gasteiger partial charge on any atom is -0.303 e. The molecule has 0 radical (unpaired) electrons. The van der Waals surface area contributed by atoms with Gasteiger partial charge in [0.15, 0.2) is 0 Å². The third kappa shape index (κ3) is 51.7. The van der Waals surface area contributed by atoms with Crippen molar-refractivity contribution in [2.24, 2.45) is 0 Å².